The Morgan fingerprint density at radius 3 is 2.80 bits per heavy atom. The highest BCUT2D eigenvalue weighted by Gasteiger charge is 2.45. The van der Waals surface area contributed by atoms with Gasteiger partial charge in [-0.15, -0.1) is 0 Å². The maximum Gasteiger partial charge on any atom is 0.317 e. The first-order valence-corrected chi connectivity index (χ1v) is 7.39. The van der Waals surface area contributed by atoms with E-state index in [0.29, 0.717) is 32.5 Å². The van der Waals surface area contributed by atoms with Crippen LogP contribution < -0.4 is 5.32 Å². The number of rotatable bonds is 4. The monoisotopic (exact) mass is 284 g/mol. The van der Waals surface area contributed by atoms with Gasteiger partial charge in [0.05, 0.1) is 17.6 Å². The van der Waals surface area contributed by atoms with Gasteiger partial charge in [-0.05, 0) is 26.2 Å². The van der Waals surface area contributed by atoms with Crippen LogP contribution in [0.5, 0.6) is 0 Å². The molecule has 114 valence electrons. The Labute approximate surface area is 119 Å². The molecular formula is C14H24N2O4. The number of carbonyl (C=O) groups excluding carboxylic acids is 1. The molecule has 0 bridgehead atoms. The van der Waals surface area contributed by atoms with Gasteiger partial charge < -0.3 is 20.1 Å². The Kier molecular flexibility index (Phi) is 4.52. The van der Waals surface area contributed by atoms with Gasteiger partial charge in [-0.2, -0.15) is 0 Å². The first-order chi connectivity index (χ1) is 9.48. The van der Waals surface area contributed by atoms with Gasteiger partial charge in [-0.3, -0.25) is 4.79 Å². The van der Waals surface area contributed by atoms with Crippen LogP contribution in [0.3, 0.4) is 0 Å². The van der Waals surface area contributed by atoms with Gasteiger partial charge >= 0.3 is 12.0 Å². The molecule has 0 aliphatic carbocycles. The number of carbonyl (C=O) groups is 2. The minimum Gasteiger partial charge on any atom is -0.481 e. The third kappa shape index (κ3) is 2.90. The zero-order valence-corrected chi connectivity index (χ0v) is 12.2. The topological polar surface area (TPSA) is 78.9 Å². The number of nitrogens with one attached hydrogen (secondary N) is 1. The van der Waals surface area contributed by atoms with Gasteiger partial charge in [0.15, 0.2) is 0 Å². The average molecular weight is 284 g/mol. The number of likely N-dealkylation sites (tertiary alicyclic amines) is 1. The SMILES string of the molecule is CCCC1(C(=O)O)CCN(C(=O)NC2CCOC2C)C1. The number of ether oxygens (including phenoxy) is 1. The largest absolute Gasteiger partial charge is 0.481 e. The highest BCUT2D eigenvalue weighted by molar-refractivity contribution is 5.80. The normalized spacial score (nSPS) is 33.4. The summed E-state index contributed by atoms with van der Waals surface area (Å²) in [6.07, 6.45) is 2.83. The molecule has 6 nitrogen and oxygen atoms in total. The Bertz CT molecular complexity index is 387. The van der Waals surface area contributed by atoms with E-state index in [4.69, 9.17) is 4.74 Å². The van der Waals surface area contributed by atoms with Gasteiger partial charge in [0, 0.05) is 19.7 Å². The minimum atomic E-state index is -0.785. The standard InChI is InChI=1S/C14H24N2O4/c1-3-5-14(12(17)18)6-7-16(9-14)13(19)15-11-4-8-20-10(11)2/h10-11H,3-9H2,1-2H3,(H,15,19)(H,17,18). The molecule has 0 aromatic carbocycles. The fourth-order valence-electron chi connectivity index (χ4n) is 3.18. The molecule has 0 radical (unpaired) electrons. The van der Waals surface area contributed by atoms with E-state index in [1.165, 1.54) is 0 Å². The van der Waals surface area contributed by atoms with Crippen molar-refractivity contribution in [2.75, 3.05) is 19.7 Å². The Hall–Kier alpha value is -1.30. The lowest BCUT2D eigenvalue weighted by molar-refractivity contribution is -0.148. The van der Waals surface area contributed by atoms with E-state index in [1.54, 1.807) is 4.90 Å². The second kappa shape index (κ2) is 5.99. The number of nitrogens with zero attached hydrogens (tertiary/aromatic N) is 1. The van der Waals surface area contributed by atoms with Crippen LogP contribution >= 0.6 is 0 Å². The summed E-state index contributed by atoms with van der Waals surface area (Å²) in [6, 6.07) is -0.125. The molecule has 2 amide bonds. The number of aliphatic carboxylic acids is 1. The molecule has 0 spiro atoms. The van der Waals surface area contributed by atoms with Crippen LogP contribution in [0.2, 0.25) is 0 Å². The summed E-state index contributed by atoms with van der Waals surface area (Å²) in [4.78, 5) is 25.4. The summed E-state index contributed by atoms with van der Waals surface area (Å²) in [5.41, 5.74) is -0.760. The van der Waals surface area contributed by atoms with Crippen LogP contribution in [-0.2, 0) is 9.53 Å². The van der Waals surface area contributed by atoms with E-state index in [0.717, 1.165) is 12.8 Å². The number of hydrogen-bond donors (Lipinski definition) is 2. The van der Waals surface area contributed by atoms with Crippen LogP contribution in [0.25, 0.3) is 0 Å². The molecule has 2 rings (SSSR count). The van der Waals surface area contributed by atoms with Crippen molar-refractivity contribution in [1.82, 2.24) is 10.2 Å². The smallest absolute Gasteiger partial charge is 0.317 e. The quantitative estimate of drug-likeness (QED) is 0.819. The van der Waals surface area contributed by atoms with Crippen LogP contribution in [0, 0.1) is 5.41 Å². The molecule has 2 aliphatic rings. The van der Waals surface area contributed by atoms with Crippen LogP contribution in [0.4, 0.5) is 4.79 Å². The molecule has 20 heavy (non-hydrogen) atoms. The first kappa shape index (κ1) is 15.1. The van der Waals surface area contributed by atoms with Crippen LogP contribution in [0.1, 0.15) is 39.5 Å². The van der Waals surface area contributed by atoms with E-state index in [1.807, 2.05) is 13.8 Å². The Morgan fingerprint density at radius 2 is 2.25 bits per heavy atom. The molecule has 2 N–H and O–H groups in total. The number of hydrogen-bond acceptors (Lipinski definition) is 3. The van der Waals surface area contributed by atoms with Gasteiger partial charge in [0.25, 0.3) is 0 Å². The molecule has 2 aliphatic heterocycles. The summed E-state index contributed by atoms with van der Waals surface area (Å²) in [6.45, 7) is 5.41. The molecule has 3 unspecified atom stereocenters. The maximum absolute atomic E-state index is 12.2. The number of amides is 2. The third-order valence-corrected chi connectivity index (χ3v) is 4.51. The summed E-state index contributed by atoms with van der Waals surface area (Å²) in [5.74, 6) is -0.785. The lowest BCUT2D eigenvalue weighted by Crippen LogP contribution is -2.47. The van der Waals surface area contributed by atoms with Crippen LogP contribution in [-0.4, -0.2) is 53.8 Å². The van der Waals surface area contributed by atoms with Crippen LogP contribution in [0.15, 0.2) is 0 Å². The van der Waals surface area contributed by atoms with E-state index >= 15 is 0 Å². The predicted octanol–water partition coefficient (Wildman–Crippen LogP) is 1.45. The maximum atomic E-state index is 12.2. The van der Waals surface area contributed by atoms with Gasteiger partial charge in [-0.1, -0.05) is 13.3 Å². The fraction of sp³-hybridized carbons (Fsp3) is 0.857. The molecule has 6 heteroatoms. The second-order valence-electron chi connectivity index (χ2n) is 5.93. The molecule has 0 aromatic heterocycles. The van der Waals surface area contributed by atoms with E-state index in [-0.39, 0.29) is 18.2 Å². The third-order valence-electron chi connectivity index (χ3n) is 4.51. The van der Waals surface area contributed by atoms with E-state index < -0.39 is 11.4 Å². The van der Waals surface area contributed by atoms with Crippen molar-refractivity contribution in [2.45, 2.75) is 51.7 Å². The molecule has 0 aromatic rings. The van der Waals surface area contributed by atoms with Gasteiger partial charge in [0.2, 0.25) is 0 Å². The second-order valence-corrected chi connectivity index (χ2v) is 5.93. The Morgan fingerprint density at radius 1 is 1.50 bits per heavy atom. The zero-order valence-electron chi connectivity index (χ0n) is 12.2. The van der Waals surface area contributed by atoms with Crippen molar-refractivity contribution in [1.29, 1.82) is 0 Å². The zero-order chi connectivity index (χ0) is 14.8. The van der Waals surface area contributed by atoms with Crippen molar-refractivity contribution >= 4 is 12.0 Å². The summed E-state index contributed by atoms with van der Waals surface area (Å²) in [7, 11) is 0. The molecule has 2 saturated heterocycles. The summed E-state index contributed by atoms with van der Waals surface area (Å²) < 4.78 is 5.42. The average Bonchev–Trinajstić information content (AvgIpc) is 2.98. The molecule has 3 atom stereocenters. The van der Waals surface area contributed by atoms with E-state index in [2.05, 4.69) is 5.32 Å². The lowest BCUT2D eigenvalue weighted by Gasteiger charge is -2.25. The minimum absolute atomic E-state index is 0.0291. The highest BCUT2D eigenvalue weighted by atomic mass is 16.5. The van der Waals surface area contributed by atoms with Gasteiger partial charge in [0.1, 0.15) is 0 Å². The molecular weight excluding hydrogens is 260 g/mol. The van der Waals surface area contributed by atoms with Gasteiger partial charge in [-0.25, -0.2) is 4.79 Å². The number of urea groups is 1. The number of carboxylic acids is 1. The molecule has 2 heterocycles. The summed E-state index contributed by atoms with van der Waals surface area (Å²) in [5, 5.41) is 12.4. The number of carboxylic acid groups (broad SMARTS) is 1. The first-order valence-electron chi connectivity index (χ1n) is 7.39. The van der Waals surface area contributed by atoms with E-state index in [9.17, 15) is 14.7 Å². The Balaban J connectivity index is 1.94. The van der Waals surface area contributed by atoms with Crippen molar-refractivity contribution in [3.8, 4) is 0 Å². The van der Waals surface area contributed by atoms with Crippen molar-refractivity contribution < 1.29 is 19.4 Å². The predicted molar refractivity (Wildman–Crippen MR) is 73.5 cm³/mol. The van der Waals surface area contributed by atoms with Crippen molar-refractivity contribution in [3.05, 3.63) is 0 Å². The highest BCUT2D eigenvalue weighted by Crippen LogP contribution is 2.35. The van der Waals surface area contributed by atoms with Crippen molar-refractivity contribution in [3.63, 3.8) is 0 Å². The van der Waals surface area contributed by atoms with Crippen molar-refractivity contribution in [2.24, 2.45) is 5.41 Å². The molecule has 2 fully saturated rings. The lowest BCUT2D eigenvalue weighted by atomic mass is 9.83. The fourth-order valence-corrected chi connectivity index (χ4v) is 3.18. The molecule has 0 saturated carbocycles. The summed E-state index contributed by atoms with van der Waals surface area (Å²) >= 11 is 0.